The normalized spacial score (nSPS) is 12.5. The van der Waals surface area contributed by atoms with Crippen LogP contribution in [-0.4, -0.2) is 25.5 Å². The summed E-state index contributed by atoms with van der Waals surface area (Å²) in [4.78, 5) is 11.8. The monoisotopic (exact) mass is 352 g/mol. The molecule has 0 saturated heterocycles. The molecule has 0 radical (unpaired) electrons. The second-order valence-corrected chi connectivity index (χ2v) is 5.98. The lowest BCUT2D eigenvalue weighted by molar-refractivity contribution is -0.141. The van der Waals surface area contributed by atoms with Gasteiger partial charge in [0.2, 0.25) is 0 Å². The van der Waals surface area contributed by atoms with Crippen molar-refractivity contribution >= 4 is 18.4 Å². The van der Waals surface area contributed by atoms with Crippen molar-refractivity contribution in [1.82, 2.24) is 0 Å². The molecule has 0 heterocycles. The largest absolute Gasteiger partial charge is 0.469 e. The zero-order valence-electron chi connectivity index (χ0n) is 14.8. The van der Waals surface area contributed by atoms with E-state index < -0.39 is 0 Å². The Balaban J connectivity index is 2.14. The van der Waals surface area contributed by atoms with E-state index in [9.17, 15) is 4.79 Å². The first-order valence-electron chi connectivity index (χ1n) is 8.38. The molecule has 0 fully saturated rings. The third kappa shape index (κ3) is 5.73. The summed E-state index contributed by atoms with van der Waals surface area (Å²) in [7, 11) is 1.41. The molecule has 0 aliphatic rings. The van der Waals surface area contributed by atoms with Crippen LogP contribution < -0.4 is 11.7 Å². The highest BCUT2D eigenvalue weighted by Gasteiger charge is 2.17. The van der Waals surface area contributed by atoms with E-state index >= 15 is 0 Å². The smallest absolute Gasteiger partial charge is 0.306 e. The molecule has 26 heavy (non-hydrogen) atoms. The van der Waals surface area contributed by atoms with E-state index in [0.717, 1.165) is 29.5 Å². The Kier molecular flexibility index (Phi) is 7.36. The highest BCUT2D eigenvalue weighted by Crippen LogP contribution is 2.26. The first-order valence-corrected chi connectivity index (χ1v) is 8.38. The number of carbonyl (C=O) groups is 1. The highest BCUT2D eigenvalue weighted by atomic mass is 16.5. The standard InChI is InChI=1S/C20H24N4O2/c1-26-20(25)12-19(18-4-2-3-17(11-18)14-24-22)10-9-15-5-7-16(8-6-15)13-23-21/h2-8,11,13-14,19H,9-10,12,21-22H2,1H3. The van der Waals surface area contributed by atoms with Crippen LogP contribution in [0, 0.1) is 0 Å². The number of ether oxygens (including phenoxy) is 1. The minimum absolute atomic E-state index is 0.0545. The first kappa shape index (κ1) is 19.2. The molecule has 1 atom stereocenters. The number of methoxy groups -OCH3 is 1. The number of hydrogen-bond acceptors (Lipinski definition) is 6. The van der Waals surface area contributed by atoms with Gasteiger partial charge < -0.3 is 16.4 Å². The quantitative estimate of drug-likeness (QED) is 0.330. The average Bonchev–Trinajstić information content (AvgIpc) is 2.67. The van der Waals surface area contributed by atoms with Crippen LogP contribution in [0.15, 0.2) is 58.7 Å². The summed E-state index contributed by atoms with van der Waals surface area (Å²) in [5.41, 5.74) is 4.12. The third-order valence-corrected chi connectivity index (χ3v) is 4.23. The predicted octanol–water partition coefficient (Wildman–Crippen LogP) is 2.55. The van der Waals surface area contributed by atoms with Gasteiger partial charge in [0.25, 0.3) is 0 Å². The number of esters is 1. The van der Waals surface area contributed by atoms with Crippen molar-refractivity contribution in [3.8, 4) is 0 Å². The molecule has 0 aromatic heterocycles. The van der Waals surface area contributed by atoms with Crippen LogP contribution in [0.2, 0.25) is 0 Å². The maximum absolute atomic E-state index is 11.8. The molecule has 0 amide bonds. The van der Waals surface area contributed by atoms with E-state index in [1.165, 1.54) is 12.7 Å². The first-order chi connectivity index (χ1) is 12.7. The van der Waals surface area contributed by atoms with Gasteiger partial charge in [-0.05, 0) is 47.1 Å². The summed E-state index contributed by atoms with van der Waals surface area (Å²) >= 11 is 0. The van der Waals surface area contributed by atoms with Gasteiger partial charge in [-0.25, -0.2) is 0 Å². The van der Waals surface area contributed by atoms with Crippen LogP contribution in [0.1, 0.15) is 41.0 Å². The summed E-state index contributed by atoms with van der Waals surface area (Å²) in [5.74, 6) is 10.2. The van der Waals surface area contributed by atoms with Gasteiger partial charge in [0.05, 0.1) is 26.0 Å². The molecule has 0 aliphatic carbocycles. The fourth-order valence-electron chi connectivity index (χ4n) is 2.85. The minimum atomic E-state index is -0.220. The Hall–Kier alpha value is -3.15. The second-order valence-electron chi connectivity index (χ2n) is 5.98. The van der Waals surface area contributed by atoms with Crippen molar-refractivity contribution in [3.05, 3.63) is 70.8 Å². The maximum atomic E-state index is 11.8. The van der Waals surface area contributed by atoms with Crippen molar-refractivity contribution in [1.29, 1.82) is 0 Å². The molecule has 6 heteroatoms. The molecule has 4 N–H and O–H groups in total. The van der Waals surface area contributed by atoms with Gasteiger partial charge >= 0.3 is 5.97 Å². The molecule has 136 valence electrons. The molecule has 2 aromatic rings. The average molecular weight is 352 g/mol. The Morgan fingerprint density at radius 1 is 1.08 bits per heavy atom. The zero-order valence-corrected chi connectivity index (χ0v) is 14.8. The Morgan fingerprint density at radius 3 is 2.42 bits per heavy atom. The summed E-state index contributed by atoms with van der Waals surface area (Å²) in [6, 6.07) is 15.9. The van der Waals surface area contributed by atoms with Gasteiger partial charge in [0, 0.05) is 0 Å². The lowest BCUT2D eigenvalue weighted by Crippen LogP contribution is -2.10. The molecular weight excluding hydrogens is 328 g/mol. The number of rotatable bonds is 8. The second kappa shape index (κ2) is 9.98. The zero-order chi connectivity index (χ0) is 18.8. The van der Waals surface area contributed by atoms with E-state index in [2.05, 4.69) is 10.2 Å². The van der Waals surface area contributed by atoms with Gasteiger partial charge in [-0.2, -0.15) is 10.2 Å². The van der Waals surface area contributed by atoms with Crippen LogP contribution in [0.25, 0.3) is 0 Å². The highest BCUT2D eigenvalue weighted by molar-refractivity contribution is 5.80. The number of hydrogen-bond donors (Lipinski definition) is 2. The van der Waals surface area contributed by atoms with Gasteiger partial charge in [0.1, 0.15) is 0 Å². The molecule has 0 saturated carbocycles. The van der Waals surface area contributed by atoms with Gasteiger partial charge in [-0.15, -0.1) is 0 Å². The Morgan fingerprint density at radius 2 is 1.77 bits per heavy atom. The van der Waals surface area contributed by atoms with Gasteiger partial charge in [-0.1, -0.05) is 42.5 Å². The van der Waals surface area contributed by atoms with Gasteiger partial charge in [0.15, 0.2) is 0 Å². The number of nitrogens with zero attached hydrogens (tertiary/aromatic N) is 2. The number of carbonyl (C=O) groups excluding carboxylic acids is 1. The van der Waals surface area contributed by atoms with E-state index in [4.69, 9.17) is 16.4 Å². The topological polar surface area (TPSA) is 103 Å². The summed E-state index contributed by atoms with van der Waals surface area (Å²) in [5, 5.41) is 7.08. The number of benzene rings is 2. The van der Waals surface area contributed by atoms with Crippen LogP contribution in [-0.2, 0) is 16.0 Å². The van der Waals surface area contributed by atoms with E-state index in [1.807, 2.05) is 48.5 Å². The molecule has 2 rings (SSSR count). The van der Waals surface area contributed by atoms with Crippen molar-refractivity contribution in [3.63, 3.8) is 0 Å². The van der Waals surface area contributed by atoms with Gasteiger partial charge in [-0.3, -0.25) is 4.79 Å². The fraction of sp³-hybridized carbons (Fsp3) is 0.250. The third-order valence-electron chi connectivity index (χ3n) is 4.23. The number of hydrazone groups is 2. The Bertz CT molecular complexity index is 770. The molecule has 0 aliphatic heterocycles. The van der Waals surface area contributed by atoms with E-state index in [-0.39, 0.29) is 11.9 Å². The van der Waals surface area contributed by atoms with E-state index in [1.54, 1.807) is 12.4 Å². The lowest BCUT2D eigenvalue weighted by Gasteiger charge is -2.17. The summed E-state index contributed by atoms with van der Waals surface area (Å²) in [6.45, 7) is 0. The molecule has 1 unspecified atom stereocenters. The molecule has 0 spiro atoms. The summed E-state index contributed by atoms with van der Waals surface area (Å²) < 4.78 is 4.86. The van der Waals surface area contributed by atoms with Crippen molar-refractivity contribution in [2.24, 2.45) is 21.9 Å². The summed E-state index contributed by atoms with van der Waals surface area (Å²) in [6.07, 6.45) is 5.20. The van der Waals surface area contributed by atoms with Crippen LogP contribution in [0.3, 0.4) is 0 Å². The molecular formula is C20H24N4O2. The van der Waals surface area contributed by atoms with Crippen LogP contribution in [0.4, 0.5) is 0 Å². The Labute approximate surface area is 153 Å². The van der Waals surface area contributed by atoms with Crippen molar-refractivity contribution in [2.75, 3.05) is 7.11 Å². The number of nitrogens with two attached hydrogens (primary N) is 2. The van der Waals surface area contributed by atoms with Crippen molar-refractivity contribution < 1.29 is 9.53 Å². The fourth-order valence-corrected chi connectivity index (χ4v) is 2.85. The molecule has 0 bridgehead atoms. The molecule has 6 nitrogen and oxygen atoms in total. The maximum Gasteiger partial charge on any atom is 0.306 e. The SMILES string of the molecule is COC(=O)CC(CCc1ccc(C=NN)cc1)c1cccc(C=NN)c1. The van der Waals surface area contributed by atoms with Crippen LogP contribution in [0.5, 0.6) is 0 Å². The van der Waals surface area contributed by atoms with Crippen molar-refractivity contribution in [2.45, 2.75) is 25.2 Å². The minimum Gasteiger partial charge on any atom is -0.469 e. The lowest BCUT2D eigenvalue weighted by atomic mass is 9.89. The molecule has 2 aromatic carbocycles. The number of aryl methyl sites for hydroxylation is 1. The predicted molar refractivity (Wildman–Crippen MR) is 104 cm³/mol. The van der Waals surface area contributed by atoms with E-state index in [0.29, 0.717) is 6.42 Å². The van der Waals surface area contributed by atoms with Crippen LogP contribution >= 0.6 is 0 Å².